The third-order valence-corrected chi connectivity index (χ3v) is 4.83. The summed E-state index contributed by atoms with van der Waals surface area (Å²) < 4.78 is 7.45. The van der Waals surface area contributed by atoms with E-state index in [1.165, 1.54) is 11.1 Å². The van der Waals surface area contributed by atoms with Crippen LogP contribution in [0, 0.1) is 0 Å². The number of ether oxygens (including phenoxy) is 1. The van der Waals surface area contributed by atoms with E-state index in [0.717, 1.165) is 28.9 Å². The number of benzene rings is 2. The SMILES string of the molecule is CCc1ccc(Cn2nc(CC(N)=O)nc2-c2cccc3c2COC3)cc1. The summed E-state index contributed by atoms with van der Waals surface area (Å²) in [7, 11) is 0. The number of fused-ring (bicyclic) bond motifs is 1. The first kappa shape index (κ1) is 17.4. The van der Waals surface area contributed by atoms with Crippen molar-refractivity contribution in [2.24, 2.45) is 5.73 Å². The Morgan fingerprint density at radius 2 is 1.93 bits per heavy atom. The monoisotopic (exact) mass is 362 g/mol. The van der Waals surface area contributed by atoms with Crippen LogP contribution in [0.5, 0.6) is 0 Å². The molecule has 6 heteroatoms. The highest BCUT2D eigenvalue weighted by Crippen LogP contribution is 2.30. The van der Waals surface area contributed by atoms with Crippen molar-refractivity contribution >= 4 is 5.91 Å². The van der Waals surface area contributed by atoms with Crippen LogP contribution in [0.15, 0.2) is 42.5 Å². The predicted octanol–water partition coefficient (Wildman–Crippen LogP) is 2.61. The molecule has 1 aliphatic heterocycles. The molecule has 0 aliphatic carbocycles. The van der Waals surface area contributed by atoms with Crippen LogP contribution in [0.25, 0.3) is 11.4 Å². The number of aromatic nitrogens is 3. The smallest absolute Gasteiger partial charge is 0.225 e. The number of nitrogens with zero attached hydrogens (tertiary/aromatic N) is 3. The van der Waals surface area contributed by atoms with E-state index in [1.807, 2.05) is 16.8 Å². The normalized spacial score (nSPS) is 12.9. The lowest BCUT2D eigenvalue weighted by molar-refractivity contribution is -0.117. The molecular formula is C21H22N4O2. The second kappa shape index (κ2) is 7.32. The number of hydrogen-bond acceptors (Lipinski definition) is 4. The van der Waals surface area contributed by atoms with E-state index in [0.29, 0.717) is 25.6 Å². The van der Waals surface area contributed by atoms with Gasteiger partial charge in [0.2, 0.25) is 5.91 Å². The summed E-state index contributed by atoms with van der Waals surface area (Å²) in [5.41, 5.74) is 11.1. The maximum absolute atomic E-state index is 11.4. The van der Waals surface area contributed by atoms with E-state index in [-0.39, 0.29) is 6.42 Å². The van der Waals surface area contributed by atoms with E-state index in [9.17, 15) is 4.79 Å². The van der Waals surface area contributed by atoms with Gasteiger partial charge in [0.05, 0.1) is 26.2 Å². The number of rotatable bonds is 6. The number of hydrogen-bond donors (Lipinski definition) is 1. The van der Waals surface area contributed by atoms with E-state index in [2.05, 4.69) is 47.3 Å². The Kier molecular flexibility index (Phi) is 4.73. The Labute approximate surface area is 158 Å². The van der Waals surface area contributed by atoms with Gasteiger partial charge >= 0.3 is 0 Å². The van der Waals surface area contributed by atoms with Crippen molar-refractivity contribution < 1.29 is 9.53 Å². The molecule has 138 valence electrons. The lowest BCUT2D eigenvalue weighted by Crippen LogP contribution is -2.15. The molecule has 4 rings (SSSR count). The molecule has 0 bridgehead atoms. The van der Waals surface area contributed by atoms with Crippen LogP contribution in [-0.2, 0) is 42.1 Å². The predicted molar refractivity (Wildman–Crippen MR) is 102 cm³/mol. The van der Waals surface area contributed by atoms with Gasteiger partial charge in [-0.25, -0.2) is 9.67 Å². The van der Waals surface area contributed by atoms with E-state index in [4.69, 9.17) is 10.5 Å². The minimum atomic E-state index is -0.437. The van der Waals surface area contributed by atoms with Crippen LogP contribution >= 0.6 is 0 Å². The topological polar surface area (TPSA) is 83.0 Å². The molecule has 0 saturated carbocycles. The number of nitrogens with two attached hydrogens (primary N) is 1. The van der Waals surface area contributed by atoms with Gasteiger partial charge in [-0.2, -0.15) is 5.10 Å². The molecule has 6 nitrogen and oxygen atoms in total. The van der Waals surface area contributed by atoms with Gasteiger partial charge in [0.25, 0.3) is 0 Å². The highest BCUT2D eigenvalue weighted by Gasteiger charge is 2.21. The second-order valence-corrected chi connectivity index (χ2v) is 6.76. The van der Waals surface area contributed by atoms with Gasteiger partial charge in [-0.1, -0.05) is 49.4 Å². The summed E-state index contributed by atoms with van der Waals surface area (Å²) in [6.45, 7) is 3.90. The zero-order valence-corrected chi connectivity index (χ0v) is 15.3. The quantitative estimate of drug-likeness (QED) is 0.731. The van der Waals surface area contributed by atoms with Gasteiger partial charge in [0.1, 0.15) is 0 Å². The van der Waals surface area contributed by atoms with Crippen LogP contribution in [0.4, 0.5) is 0 Å². The standard InChI is InChI=1S/C21H22N4O2/c1-2-14-6-8-15(9-7-14)11-25-21(23-20(24-25)10-19(22)26)17-5-3-4-16-12-27-13-18(16)17/h3-9H,2,10-13H2,1H3,(H2,22,26). The van der Waals surface area contributed by atoms with E-state index < -0.39 is 5.91 Å². The zero-order valence-electron chi connectivity index (χ0n) is 15.3. The maximum Gasteiger partial charge on any atom is 0.225 e. The first-order valence-corrected chi connectivity index (χ1v) is 9.12. The maximum atomic E-state index is 11.4. The average Bonchev–Trinajstić information content (AvgIpc) is 3.28. The fourth-order valence-electron chi connectivity index (χ4n) is 3.40. The Balaban J connectivity index is 1.74. The number of amides is 1. The van der Waals surface area contributed by atoms with Gasteiger partial charge in [-0.3, -0.25) is 4.79 Å². The van der Waals surface area contributed by atoms with Crippen LogP contribution in [-0.4, -0.2) is 20.7 Å². The Bertz CT molecular complexity index is 976. The van der Waals surface area contributed by atoms with E-state index >= 15 is 0 Å². The van der Waals surface area contributed by atoms with Gasteiger partial charge < -0.3 is 10.5 Å². The lowest BCUT2D eigenvalue weighted by Gasteiger charge is -2.10. The molecule has 2 heterocycles. The Hall–Kier alpha value is -2.99. The third kappa shape index (κ3) is 3.61. The van der Waals surface area contributed by atoms with Gasteiger partial charge in [-0.15, -0.1) is 0 Å². The number of aryl methyl sites for hydroxylation is 1. The molecule has 0 unspecified atom stereocenters. The third-order valence-electron chi connectivity index (χ3n) is 4.83. The number of primary amides is 1. The number of carbonyl (C=O) groups excluding carboxylic acids is 1. The lowest BCUT2D eigenvalue weighted by atomic mass is 10.0. The van der Waals surface area contributed by atoms with Gasteiger partial charge in [0.15, 0.2) is 11.6 Å². The molecule has 0 radical (unpaired) electrons. The molecule has 0 fully saturated rings. The van der Waals surface area contributed by atoms with Crippen LogP contribution < -0.4 is 5.73 Å². The molecule has 1 amide bonds. The summed E-state index contributed by atoms with van der Waals surface area (Å²) in [5, 5.41) is 4.55. The van der Waals surface area contributed by atoms with Gasteiger partial charge in [0, 0.05) is 5.56 Å². The van der Waals surface area contributed by atoms with Gasteiger partial charge in [-0.05, 0) is 28.7 Å². The van der Waals surface area contributed by atoms with Crippen LogP contribution in [0.2, 0.25) is 0 Å². The summed E-state index contributed by atoms with van der Waals surface area (Å²) in [5.74, 6) is 0.750. The van der Waals surface area contributed by atoms with Crippen molar-refractivity contribution in [3.05, 3.63) is 70.5 Å². The summed E-state index contributed by atoms with van der Waals surface area (Å²) in [4.78, 5) is 16.0. The van der Waals surface area contributed by atoms with E-state index in [1.54, 1.807) is 0 Å². The summed E-state index contributed by atoms with van der Waals surface area (Å²) in [6, 6.07) is 14.6. The van der Waals surface area contributed by atoms with Crippen molar-refractivity contribution in [3.8, 4) is 11.4 Å². The Morgan fingerprint density at radius 1 is 1.15 bits per heavy atom. The molecule has 1 aliphatic rings. The highest BCUT2D eigenvalue weighted by atomic mass is 16.5. The molecule has 27 heavy (non-hydrogen) atoms. The average molecular weight is 362 g/mol. The molecule has 3 aromatic rings. The fraction of sp³-hybridized carbons (Fsp3) is 0.286. The Morgan fingerprint density at radius 3 is 2.67 bits per heavy atom. The van der Waals surface area contributed by atoms with Crippen LogP contribution in [0.1, 0.15) is 35.0 Å². The first-order chi connectivity index (χ1) is 13.1. The minimum Gasteiger partial charge on any atom is -0.372 e. The van der Waals surface area contributed by atoms with Crippen molar-refractivity contribution in [1.29, 1.82) is 0 Å². The molecule has 0 atom stereocenters. The van der Waals surface area contributed by atoms with Crippen molar-refractivity contribution in [2.75, 3.05) is 0 Å². The van der Waals surface area contributed by atoms with Crippen LogP contribution in [0.3, 0.4) is 0 Å². The zero-order chi connectivity index (χ0) is 18.8. The molecule has 1 aromatic heterocycles. The summed E-state index contributed by atoms with van der Waals surface area (Å²) >= 11 is 0. The van der Waals surface area contributed by atoms with Crippen molar-refractivity contribution in [1.82, 2.24) is 14.8 Å². The van der Waals surface area contributed by atoms with Crippen molar-refractivity contribution in [2.45, 2.75) is 39.5 Å². The highest BCUT2D eigenvalue weighted by molar-refractivity contribution is 5.76. The molecule has 2 N–H and O–H groups in total. The second-order valence-electron chi connectivity index (χ2n) is 6.76. The largest absolute Gasteiger partial charge is 0.372 e. The summed E-state index contributed by atoms with van der Waals surface area (Å²) in [6.07, 6.45) is 1.04. The minimum absolute atomic E-state index is 0.0281. The first-order valence-electron chi connectivity index (χ1n) is 9.12. The molecule has 2 aromatic carbocycles. The van der Waals surface area contributed by atoms with Crippen molar-refractivity contribution in [3.63, 3.8) is 0 Å². The molecular weight excluding hydrogens is 340 g/mol. The molecule has 0 saturated heterocycles. The number of carbonyl (C=O) groups is 1. The molecule has 0 spiro atoms. The fourth-order valence-corrected chi connectivity index (χ4v) is 3.40.